The fourth-order valence-electron chi connectivity index (χ4n) is 1.47. The van der Waals surface area contributed by atoms with Crippen molar-refractivity contribution in [3.05, 3.63) is 27.7 Å². The number of hydrogen-bond donors (Lipinski definition) is 2. The van der Waals surface area contributed by atoms with E-state index < -0.39 is 0 Å². The summed E-state index contributed by atoms with van der Waals surface area (Å²) in [5.74, 6) is 0.0207. The molecule has 3 nitrogen and oxygen atoms in total. The molecular weight excluding hydrogens is 304 g/mol. The molecule has 92 valence electrons. The number of anilines is 1. The van der Waals surface area contributed by atoms with Crippen LogP contribution >= 0.6 is 27.5 Å². The van der Waals surface area contributed by atoms with Crippen LogP contribution in [-0.2, 0) is 4.79 Å². The SMILES string of the molecule is O=C(CCNC1CC1)Nc1ccc(Cl)c(Br)c1. The van der Waals surface area contributed by atoms with Gasteiger partial charge in [0, 0.05) is 29.2 Å². The van der Waals surface area contributed by atoms with Gasteiger partial charge in [-0.3, -0.25) is 4.79 Å². The summed E-state index contributed by atoms with van der Waals surface area (Å²) in [5.41, 5.74) is 0.762. The molecule has 2 N–H and O–H groups in total. The van der Waals surface area contributed by atoms with Crippen LogP contribution in [0.15, 0.2) is 22.7 Å². The van der Waals surface area contributed by atoms with Crippen molar-refractivity contribution in [2.24, 2.45) is 0 Å². The first-order chi connectivity index (χ1) is 8.15. The maximum absolute atomic E-state index is 11.6. The van der Waals surface area contributed by atoms with E-state index in [0.29, 0.717) is 17.5 Å². The van der Waals surface area contributed by atoms with Crippen molar-refractivity contribution in [1.29, 1.82) is 0 Å². The van der Waals surface area contributed by atoms with E-state index in [0.717, 1.165) is 16.7 Å². The number of hydrogen-bond acceptors (Lipinski definition) is 2. The minimum Gasteiger partial charge on any atom is -0.326 e. The highest BCUT2D eigenvalue weighted by Gasteiger charge is 2.20. The summed E-state index contributed by atoms with van der Waals surface area (Å²) in [4.78, 5) is 11.6. The molecular formula is C12H14BrClN2O. The molecule has 1 amide bonds. The van der Waals surface area contributed by atoms with Gasteiger partial charge in [0.25, 0.3) is 0 Å². The molecule has 0 aliphatic heterocycles. The average molecular weight is 318 g/mol. The van der Waals surface area contributed by atoms with Crippen LogP contribution in [0.25, 0.3) is 0 Å². The fourth-order valence-corrected chi connectivity index (χ4v) is 1.97. The van der Waals surface area contributed by atoms with Crippen LogP contribution in [0.2, 0.25) is 5.02 Å². The number of halogens is 2. The third kappa shape index (κ3) is 4.30. The largest absolute Gasteiger partial charge is 0.326 e. The minimum atomic E-state index is 0.0207. The molecule has 17 heavy (non-hydrogen) atoms. The average Bonchev–Trinajstić information content (AvgIpc) is 3.07. The molecule has 1 aromatic carbocycles. The molecule has 0 radical (unpaired) electrons. The first kappa shape index (κ1) is 12.9. The van der Waals surface area contributed by atoms with E-state index in [-0.39, 0.29) is 5.91 Å². The minimum absolute atomic E-state index is 0.0207. The van der Waals surface area contributed by atoms with Gasteiger partial charge in [0.05, 0.1) is 5.02 Å². The second-order valence-corrected chi connectivity index (χ2v) is 5.42. The highest BCUT2D eigenvalue weighted by atomic mass is 79.9. The van der Waals surface area contributed by atoms with Crippen molar-refractivity contribution in [3.8, 4) is 0 Å². The van der Waals surface area contributed by atoms with E-state index in [2.05, 4.69) is 26.6 Å². The van der Waals surface area contributed by atoms with Gasteiger partial charge in [0.2, 0.25) is 5.91 Å². The predicted octanol–water partition coefficient (Wildman–Crippen LogP) is 3.18. The molecule has 1 fully saturated rings. The van der Waals surface area contributed by atoms with Crippen molar-refractivity contribution in [1.82, 2.24) is 5.32 Å². The highest BCUT2D eigenvalue weighted by molar-refractivity contribution is 9.10. The lowest BCUT2D eigenvalue weighted by Gasteiger charge is -2.06. The highest BCUT2D eigenvalue weighted by Crippen LogP contribution is 2.25. The third-order valence-electron chi connectivity index (χ3n) is 2.57. The normalized spacial score (nSPS) is 14.7. The number of carbonyl (C=O) groups is 1. The number of amides is 1. The van der Waals surface area contributed by atoms with Crippen LogP contribution in [0, 0.1) is 0 Å². The first-order valence-corrected chi connectivity index (χ1v) is 6.80. The molecule has 0 unspecified atom stereocenters. The van der Waals surface area contributed by atoms with Crippen molar-refractivity contribution >= 4 is 39.1 Å². The summed E-state index contributed by atoms with van der Waals surface area (Å²) in [7, 11) is 0. The van der Waals surface area contributed by atoms with Crippen LogP contribution in [0.4, 0.5) is 5.69 Å². The Labute approximate surface area is 114 Å². The topological polar surface area (TPSA) is 41.1 Å². The number of carbonyl (C=O) groups excluding carboxylic acids is 1. The first-order valence-electron chi connectivity index (χ1n) is 5.63. The van der Waals surface area contributed by atoms with E-state index >= 15 is 0 Å². The Hall–Kier alpha value is -0.580. The molecule has 0 saturated heterocycles. The predicted molar refractivity (Wildman–Crippen MR) is 73.4 cm³/mol. The molecule has 1 aliphatic carbocycles. The van der Waals surface area contributed by atoms with Gasteiger partial charge in [-0.2, -0.15) is 0 Å². The zero-order valence-electron chi connectivity index (χ0n) is 9.30. The standard InChI is InChI=1S/C12H14BrClN2O/c13-10-7-9(3-4-11(10)14)16-12(17)5-6-15-8-1-2-8/h3-4,7-8,15H,1-2,5-6H2,(H,16,17). The van der Waals surface area contributed by atoms with E-state index in [4.69, 9.17) is 11.6 Å². The summed E-state index contributed by atoms with van der Waals surface area (Å²) in [5, 5.41) is 6.78. The van der Waals surface area contributed by atoms with Crippen molar-refractivity contribution in [2.45, 2.75) is 25.3 Å². The molecule has 0 spiro atoms. The summed E-state index contributed by atoms with van der Waals surface area (Å²) < 4.78 is 0.785. The van der Waals surface area contributed by atoms with Gasteiger partial charge in [-0.05, 0) is 47.0 Å². The van der Waals surface area contributed by atoms with Gasteiger partial charge < -0.3 is 10.6 Å². The van der Waals surface area contributed by atoms with E-state index in [1.165, 1.54) is 12.8 Å². The Kier molecular flexibility index (Phi) is 4.42. The van der Waals surface area contributed by atoms with Gasteiger partial charge >= 0.3 is 0 Å². The van der Waals surface area contributed by atoms with Gasteiger partial charge in [-0.1, -0.05) is 11.6 Å². The summed E-state index contributed by atoms with van der Waals surface area (Å²) in [6.45, 7) is 0.741. The maximum atomic E-state index is 11.6. The van der Waals surface area contributed by atoms with Crippen LogP contribution in [0.5, 0.6) is 0 Å². The zero-order valence-corrected chi connectivity index (χ0v) is 11.6. The smallest absolute Gasteiger partial charge is 0.225 e. The lowest BCUT2D eigenvalue weighted by molar-refractivity contribution is -0.116. The van der Waals surface area contributed by atoms with Gasteiger partial charge in [0.15, 0.2) is 0 Å². The Balaban J connectivity index is 1.77. The Morgan fingerprint density at radius 1 is 1.47 bits per heavy atom. The monoisotopic (exact) mass is 316 g/mol. The number of rotatable bonds is 5. The van der Waals surface area contributed by atoms with Crippen molar-refractivity contribution in [3.63, 3.8) is 0 Å². The quantitative estimate of drug-likeness (QED) is 0.876. The Morgan fingerprint density at radius 3 is 2.88 bits per heavy atom. The third-order valence-corrected chi connectivity index (χ3v) is 3.78. The van der Waals surface area contributed by atoms with Crippen molar-refractivity contribution < 1.29 is 4.79 Å². The molecule has 1 aliphatic rings. The van der Waals surface area contributed by atoms with Gasteiger partial charge in [-0.15, -0.1) is 0 Å². The molecule has 5 heteroatoms. The lowest BCUT2D eigenvalue weighted by atomic mass is 10.3. The van der Waals surface area contributed by atoms with Crippen molar-refractivity contribution in [2.75, 3.05) is 11.9 Å². The van der Waals surface area contributed by atoms with E-state index in [1.807, 2.05) is 0 Å². The van der Waals surface area contributed by atoms with Crippen LogP contribution < -0.4 is 10.6 Å². The lowest BCUT2D eigenvalue weighted by Crippen LogP contribution is -2.23. The zero-order chi connectivity index (χ0) is 12.3. The molecule has 1 saturated carbocycles. The molecule has 0 atom stereocenters. The van der Waals surface area contributed by atoms with Crippen LogP contribution in [0.3, 0.4) is 0 Å². The van der Waals surface area contributed by atoms with Gasteiger partial charge in [-0.25, -0.2) is 0 Å². The maximum Gasteiger partial charge on any atom is 0.225 e. The second-order valence-electron chi connectivity index (χ2n) is 4.16. The molecule has 2 rings (SSSR count). The number of benzene rings is 1. The molecule has 1 aromatic rings. The van der Waals surface area contributed by atoms with E-state index in [1.54, 1.807) is 18.2 Å². The summed E-state index contributed by atoms with van der Waals surface area (Å²) >= 11 is 9.19. The Bertz CT molecular complexity index is 421. The number of nitrogens with one attached hydrogen (secondary N) is 2. The van der Waals surface area contributed by atoms with Crippen LogP contribution in [0.1, 0.15) is 19.3 Å². The summed E-state index contributed by atoms with van der Waals surface area (Å²) in [6, 6.07) is 5.99. The van der Waals surface area contributed by atoms with E-state index in [9.17, 15) is 4.79 Å². The molecule has 0 heterocycles. The summed E-state index contributed by atoms with van der Waals surface area (Å²) in [6.07, 6.45) is 2.98. The Morgan fingerprint density at radius 2 is 2.24 bits per heavy atom. The van der Waals surface area contributed by atoms with Gasteiger partial charge in [0.1, 0.15) is 0 Å². The second kappa shape index (κ2) is 5.85. The fraction of sp³-hybridized carbons (Fsp3) is 0.417. The molecule has 0 bridgehead atoms. The molecule has 0 aromatic heterocycles. The van der Waals surface area contributed by atoms with Crippen LogP contribution in [-0.4, -0.2) is 18.5 Å².